The normalized spacial score (nSPS) is 28.0. The Bertz CT molecular complexity index is 711. The van der Waals surface area contributed by atoms with Crippen LogP contribution in [0.25, 0.3) is 0 Å². The van der Waals surface area contributed by atoms with Gasteiger partial charge in [0.25, 0.3) is 11.4 Å². The zero-order chi connectivity index (χ0) is 18.9. The van der Waals surface area contributed by atoms with E-state index in [-0.39, 0.29) is 23.6 Å². The van der Waals surface area contributed by atoms with Gasteiger partial charge in [0.05, 0.1) is 34.3 Å². The highest BCUT2D eigenvalue weighted by Gasteiger charge is 2.44. The van der Waals surface area contributed by atoms with Gasteiger partial charge in [0.1, 0.15) is 0 Å². The molecule has 2 fully saturated rings. The first-order valence-corrected chi connectivity index (χ1v) is 8.34. The average Bonchev–Trinajstić information content (AvgIpc) is 2.95. The Morgan fingerprint density at radius 2 is 1.73 bits per heavy atom. The SMILES string of the molecule is C[C@H]1COC2(CCC(C(=O)Nc3cc([N+](=O)[O-])cc([N+](=O)[O-])c3)CC2)O1. The van der Waals surface area contributed by atoms with Crippen LogP contribution >= 0.6 is 0 Å². The number of amides is 1. The van der Waals surface area contributed by atoms with Gasteiger partial charge < -0.3 is 14.8 Å². The lowest BCUT2D eigenvalue weighted by molar-refractivity contribution is -0.394. The number of nitrogens with one attached hydrogen (secondary N) is 1. The molecular formula is C16H19N3O7. The summed E-state index contributed by atoms with van der Waals surface area (Å²) < 4.78 is 11.5. The lowest BCUT2D eigenvalue weighted by Gasteiger charge is -2.35. The fourth-order valence-corrected chi connectivity index (χ4v) is 3.41. The van der Waals surface area contributed by atoms with Gasteiger partial charge in [0, 0.05) is 30.9 Å². The van der Waals surface area contributed by atoms with E-state index in [1.807, 2.05) is 6.92 Å². The molecule has 26 heavy (non-hydrogen) atoms. The van der Waals surface area contributed by atoms with Gasteiger partial charge in [-0.3, -0.25) is 25.0 Å². The van der Waals surface area contributed by atoms with Gasteiger partial charge in [-0.2, -0.15) is 0 Å². The maximum Gasteiger partial charge on any atom is 0.278 e. The van der Waals surface area contributed by atoms with Crippen molar-refractivity contribution in [2.45, 2.75) is 44.5 Å². The van der Waals surface area contributed by atoms with E-state index in [0.29, 0.717) is 32.3 Å². The summed E-state index contributed by atoms with van der Waals surface area (Å²) in [4.78, 5) is 32.9. The van der Waals surface area contributed by atoms with E-state index in [4.69, 9.17) is 9.47 Å². The van der Waals surface area contributed by atoms with Crippen molar-refractivity contribution in [2.24, 2.45) is 5.92 Å². The topological polar surface area (TPSA) is 134 Å². The summed E-state index contributed by atoms with van der Waals surface area (Å²) in [5, 5.41) is 24.4. The summed E-state index contributed by atoms with van der Waals surface area (Å²) >= 11 is 0. The Balaban J connectivity index is 1.67. The number of non-ortho nitro benzene ring substituents is 2. The Labute approximate surface area is 148 Å². The van der Waals surface area contributed by atoms with E-state index >= 15 is 0 Å². The molecule has 1 amide bonds. The molecule has 1 saturated carbocycles. The highest BCUT2D eigenvalue weighted by Crippen LogP contribution is 2.40. The van der Waals surface area contributed by atoms with Crippen molar-refractivity contribution in [1.29, 1.82) is 0 Å². The van der Waals surface area contributed by atoms with Crippen LogP contribution < -0.4 is 5.32 Å². The number of anilines is 1. The van der Waals surface area contributed by atoms with E-state index in [9.17, 15) is 25.0 Å². The molecule has 1 spiro atoms. The van der Waals surface area contributed by atoms with Crippen LogP contribution in [0.5, 0.6) is 0 Å². The van der Waals surface area contributed by atoms with Crippen LogP contribution in [0.4, 0.5) is 17.1 Å². The van der Waals surface area contributed by atoms with Gasteiger partial charge in [0.2, 0.25) is 5.91 Å². The molecule has 1 N–H and O–H groups in total. The second-order valence-corrected chi connectivity index (χ2v) is 6.67. The maximum atomic E-state index is 12.5. The fraction of sp³-hybridized carbons (Fsp3) is 0.562. The van der Waals surface area contributed by atoms with Crippen LogP contribution in [0.2, 0.25) is 0 Å². The van der Waals surface area contributed by atoms with E-state index in [2.05, 4.69) is 5.32 Å². The molecule has 10 heteroatoms. The molecule has 1 atom stereocenters. The highest BCUT2D eigenvalue weighted by atomic mass is 16.7. The van der Waals surface area contributed by atoms with Crippen molar-refractivity contribution in [1.82, 2.24) is 0 Å². The lowest BCUT2D eigenvalue weighted by Crippen LogP contribution is -2.38. The van der Waals surface area contributed by atoms with E-state index < -0.39 is 27.0 Å². The number of hydrogen-bond donors (Lipinski definition) is 1. The molecule has 10 nitrogen and oxygen atoms in total. The molecule has 0 aromatic heterocycles. The summed E-state index contributed by atoms with van der Waals surface area (Å²) in [7, 11) is 0. The number of hydrogen-bond acceptors (Lipinski definition) is 7. The Morgan fingerprint density at radius 1 is 1.15 bits per heavy atom. The van der Waals surface area contributed by atoms with Crippen LogP contribution in [0.15, 0.2) is 18.2 Å². The van der Waals surface area contributed by atoms with Crippen LogP contribution in [0.1, 0.15) is 32.6 Å². The van der Waals surface area contributed by atoms with Crippen molar-refractivity contribution < 1.29 is 24.1 Å². The van der Waals surface area contributed by atoms with Gasteiger partial charge in [-0.05, 0) is 19.8 Å². The van der Waals surface area contributed by atoms with Gasteiger partial charge in [-0.1, -0.05) is 0 Å². The van der Waals surface area contributed by atoms with Crippen molar-refractivity contribution in [2.75, 3.05) is 11.9 Å². The standard InChI is InChI=1S/C16H19N3O7/c1-10-9-25-16(26-10)4-2-11(3-5-16)15(20)17-12-6-13(18(21)22)8-14(7-12)19(23)24/h6-8,10-11H,2-5,9H2,1H3,(H,17,20)/t10-,11?,16?/m0/s1. The summed E-state index contributed by atoms with van der Waals surface area (Å²) in [5.41, 5.74) is -0.851. The largest absolute Gasteiger partial charge is 0.347 e. The Kier molecular flexibility index (Phi) is 4.88. The molecular weight excluding hydrogens is 346 g/mol. The van der Waals surface area contributed by atoms with Crippen molar-refractivity contribution in [3.8, 4) is 0 Å². The van der Waals surface area contributed by atoms with Crippen LogP contribution in [-0.4, -0.2) is 34.3 Å². The molecule has 1 aromatic carbocycles. The molecule has 2 aliphatic rings. The third kappa shape index (κ3) is 3.81. The fourth-order valence-electron chi connectivity index (χ4n) is 3.41. The molecule has 1 aliphatic carbocycles. The molecule has 1 aromatic rings. The molecule has 140 valence electrons. The second kappa shape index (κ2) is 6.96. The number of nitro benzene ring substituents is 2. The Hall–Kier alpha value is -2.59. The summed E-state index contributed by atoms with van der Waals surface area (Å²) in [6.07, 6.45) is 2.31. The predicted molar refractivity (Wildman–Crippen MR) is 89.6 cm³/mol. The summed E-state index contributed by atoms with van der Waals surface area (Å²) in [5.74, 6) is -1.23. The van der Waals surface area contributed by atoms with Gasteiger partial charge in [-0.25, -0.2) is 0 Å². The van der Waals surface area contributed by atoms with Gasteiger partial charge in [-0.15, -0.1) is 0 Å². The van der Waals surface area contributed by atoms with Crippen LogP contribution in [0, 0.1) is 26.1 Å². The van der Waals surface area contributed by atoms with Crippen molar-refractivity contribution in [3.05, 3.63) is 38.4 Å². The number of rotatable bonds is 4. The summed E-state index contributed by atoms with van der Waals surface area (Å²) in [6.45, 7) is 2.47. The van der Waals surface area contributed by atoms with Gasteiger partial charge >= 0.3 is 0 Å². The molecule has 1 saturated heterocycles. The first-order chi connectivity index (χ1) is 12.3. The monoisotopic (exact) mass is 365 g/mol. The first kappa shape index (κ1) is 18.2. The number of ether oxygens (including phenoxy) is 2. The number of carbonyl (C=O) groups excluding carboxylic acids is 1. The van der Waals surface area contributed by atoms with E-state index in [1.165, 1.54) is 0 Å². The minimum Gasteiger partial charge on any atom is -0.347 e. The number of nitro groups is 2. The molecule has 3 rings (SSSR count). The highest BCUT2D eigenvalue weighted by molar-refractivity contribution is 5.93. The smallest absolute Gasteiger partial charge is 0.278 e. The molecule has 1 heterocycles. The number of carbonyl (C=O) groups is 1. The third-order valence-corrected chi connectivity index (χ3v) is 4.71. The lowest BCUT2D eigenvalue weighted by atomic mass is 9.84. The molecule has 0 unspecified atom stereocenters. The number of nitrogens with zero attached hydrogens (tertiary/aromatic N) is 2. The average molecular weight is 365 g/mol. The van der Waals surface area contributed by atoms with Crippen LogP contribution in [0.3, 0.4) is 0 Å². The van der Waals surface area contributed by atoms with Crippen molar-refractivity contribution >= 4 is 23.0 Å². The Morgan fingerprint density at radius 3 is 2.19 bits per heavy atom. The quantitative estimate of drug-likeness (QED) is 0.640. The maximum absolute atomic E-state index is 12.5. The molecule has 0 bridgehead atoms. The second-order valence-electron chi connectivity index (χ2n) is 6.67. The zero-order valence-electron chi connectivity index (χ0n) is 14.2. The molecule has 0 radical (unpaired) electrons. The minimum absolute atomic E-state index is 0.0331. The minimum atomic E-state index is -0.733. The molecule has 1 aliphatic heterocycles. The van der Waals surface area contributed by atoms with E-state index in [0.717, 1.165) is 18.2 Å². The third-order valence-electron chi connectivity index (χ3n) is 4.71. The first-order valence-electron chi connectivity index (χ1n) is 8.34. The van der Waals surface area contributed by atoms with Gasteiger partial charge in [0.15, 0.2) is 5.79 Å². The number of benzene rings is 1. The predicted octanol–water partition coefficient (Wildman–Crippen LogP) is 2.76. The van der Waals surface area contributed by atoms with E-state index in [1.54, 1.807) is 0 Å². The zero-order valence-corrected chi connectivity index (χ0v) is 14.2. The van der Waals surface area contributed by atoms with Crippen LogP contribution in [-0.2, 0) is 14.3 Å². The summed E-state index contributed by atoms with van der Waals surface area (Å²) in [6, 6.07) is 3.08. The van der Waals surface area contributed by atoms with Crippen molar-refractivity contribution in [3.63, 3.8) is 0 Å².